The van der Waals surface area contributed by atoms with Crippen molar-refractivity contribution < 1.29 is 22.7 Å². The number of carbonyl (C=O) groups is 1. The molecule has 0 aliphatic heterocycles. The maximum Gasteiger partial charge on any atom is 0.406 e. The van der Waals surface area contributed by atoms with Crippen LogP contribution in [0.1, 0.15) is 10.5 Å². The normalized spacial score (nSPS) is 11.8. The first-order valence-corrected chi connectivity index (χ1v) is 5.16. The molecule has 0 spiro atoms. The van der Waals surface area contributed by atoms with Gasteiger partial charge in [0.15, 0.2) is 0 Å². The Bertz CT molecular complexity index is 587. The van der Waals surface area contributed by atoms with Gasteiger partial charge in [-0.05, 0) is 12.1 Å². The van der Waals surface area contributed by atoms with E-state index in [1.165, 1.54) is 12.1 Å². The fourth-order valence-corrected chi connectivity index (χ4v) is 1.83. The maximum absolute atomic E-state index is 12.5. The molecular formula is C12H10F3NO2. The van der Waals surface area contributed by atoms with Crippen LogP contribution in [0.2, 0.25) is 0 Å². The number of hydrogen-bond acceptors (Lipinski definition) is 2. The summed E-state index contributed by atoms with van der Waals surface area (Å²) in [6, 6.07) is 7.90. The van der Waals surface area contributed by atoms with Gasteiger partial charge in [-0.3, -0.25) is 0 Å². The van der Waals surface area contributed by atoms with E-state index in [1.807, 2.05) is 0 Å². The number of esters is 1. The molecule has 0 fully saturated rings. The third-order valence-corrected chi connectivity index (χ3v) is 2.54. The summed E-state index contributed by atoms with van der Waals surface area (Å²) in [5.74, 6) is -0.782. The van der Waals surface area contributed by atoms with Gasteiger partial charge in [0.25, 0.3) is 0 Å². The number of carbonyl (C=O) groups excluding carboxylic acids is 1. The zero-order valence-corrected chi connectivity index (χ0v) is 9.49. The van der Waals surface area contributed by atoms with E-state index >= 15 is 0 Å². The standard InChI is InChI=1S/C12H10F3NO2/c1-18-11(17)10-6-8-4-2-3-5-9(8)16(10)7-12(13,14)15/h2-6H,7H2,1H3. The van der Waals surface area contributed by atoms with E-state index in [1.54, 1.807) is 18.2 Å². The molecule has 18 heavy (non-hydrogen) atoms. The molecule has 0 saturated carbocycles. The highest BCUT2D eigenvalue weighted by atomic mass is 19.4. The van der Waals surface area contributed by atoms with Crippen molar-refractivity contribution >= 4 is 16.9 Å². The summed E-state index contributed by atoms with van der Waals surface area (Å²) in [4.78, 5) is 11.5. The molecule has 2 aromatic rings. The minimum Gasteiger partial charge on any atom is -0.464 e. The largest absolute Gasteiger partial charge is 0.464 e. The SMILES string of the molecule is COC(=O)c1cc2ccccc2n1CC(F)(F)F. The first kappa shape index (κ1) is 12.5. The van der Waals surface area contributed by atoms with Crippen LogP contribution in [0.3, 0.4) is 0 Å². The lowest BCUT2D eigenvalue weighted by atomic mass is 10.2. The summed E-state index contributed by atoms with van der Waals surface area (Å²) in [7, 11) is 1.14. The minimum absolute atomic E-state index is 0.101. The van der Waals surface area contributed by atoms with Crippen LogP contribution in [-0.4, -0.2) is 23.8 Å². The van der Waals surface area contributed by atoms with Gasteiger partial charge in [-0.2, -0.15) is 13.2 Å². The number of fused-ring (bicyclic) bond motifs is 1. The summed E-state index contributed by atoms with van der Waals surface area (Å²) < 4.78 is 43.0. The molecule has 0 unspecified atom stereocenters. The van der Waals surface area contributed by atoms with Gasteiger partial charge in [-0.15, -0.1) is 0 Å². The van der Waals surface area contributed by atoms with Crippen molar-refractivity contribution in [2.24, 2.45) is 0 Å². The molecule has 0 saturated heterocycles. The van der Waals surface area contributed by atoms with Gasteiger partial charge in [0.1, 0.15) is 12.2 Å². The molecule has 6 heteroatoms. The molecule has 0 amide bonds. The van der Waals surface area contributed by atoms with Crippen molar-refractivity contribution in [1.29, 1.82) is 0 Å². The van der Waals surface area contributed by atoms with Gasteiger partial charge in [0.2, 0.25) is 0 Å². The first-order valence-electron chi connectivity index (χ1n) is 5.16. The number of aromatic nitrogens is 1. The average molecular weight is 257 g/mol. The van der Waals surface area contributed by atoms with Gasteiger partial charge in [0.05, 0.1) is 7.11 Å². The van der Waals surface area contributed by atoms with Gasteiger partial charge in [-0.1, -0.05) is 18.2 Å². The van der Waals surface area contributed by atoms with E-state index in [0.29, 0.717) is 10.9 Å². The number of hydrogen-bond donors (Lipinski definition) is 0. The van der Waals surface area contributed by atoms with Crippen LogP contribution in [0.4, 0.5) is 13.2 Å². The van der Waals surface area contributed by atoms with Crippen molar-refractivity contribution in [3.63, 3.8) is 0 Å². The molecule has 0 aliphatic rings. The molecule has 96 valence electrons. The highest BCUT2D eigenvalue weighted by Crippen LogP contribution is 2.25. The number of alkyl halides is 3. The van der Waals surface area contributed by atoms with Crippen molar-refractivity contribution in [2.45, 2.75) is 12.7 Å². The zero-order chi connectivity index (χ0) is 13.3. The molecule has 1 heterocycles. The molecular weight excluding hydrogens is 247 g/mol. The Hall–Kier alpha value is -1.98. The van der Waals surface area contributed by atoms with Crippen LogP contribution in [-0.2, 0) is 11.3 Å². The monoisotopic (exact) mass is 257 g/mol. The lowest BCUT2D eigenvalue weighted by Gasteiger charge is -2.11. The molecule has 1 aromatic carbocycles. The van der Waals surface area contributed by atoms with Crippen molar-refractivity contribution in [3.05, 3.63) is 36.0 Å². The van der Waals surface area contributed by atoms with Crippen LogP contribution < -0.4 is 0 Å². The second-order valence-electron chi connectivity index (χ2n) is 3.78. The Morgan fingerprint density at radius 2 is 2.00 bits per heavy atom. The highest BCUT2D eigenvalue weighted by Gasteiger charge is 2.31. The molecule has 0 bridgehead atoms. The number of halogens is 3. The summed E-state index contributed by atoms with van der Waals surface area (Å²) in [6.07, 6.45) is -4.40. The van der Waals surface area contributed by atoms with Gasteiger partial charge >= 0.3 is 12.1 Å². The maximum atomic E-state index is 12.5. The highest BCUT2D eigenvalue weighted by molar-refractivity contribution is 5.95. The summed E-state index contributed by atoms with van der Waals surface area (Å²) in [5, 5.41) is 0.571. The van der Waals surface area contributed by atoms with Crippen LogP contribution in [0.15, 0.2) is 30.3 Å². The third-order valence-electron chi connectivity index (χ3n) is 2.54. The number of rotatable bonds is 2. The second-order valence-corrected chi connectivity index (χ2v) is 3.78. The number of para-hydroxylation sites is 1. The molecule has 0 aliphatic carbocycles. The molecule has 0 N–H and O–H groups in total. The first-order chi connectivity index (χ1) is 8.42. The number of methoxy groups -OCH3 is 1. The smallest absolute Gasteiger partial charge is 0.406 e. The Balaban J connectivity index is 2.61. The number of nitrogens with zero attached hydrogens (tertiary/aromatic N) is 1. The van der Waals surface area contributed by atoms with Crippen molar-refractivity contribution in [1.82, 2.24) is 4.57 Å². The van der Waals surface area contributed by atoms with Gasteiger partial charge in [-0.25, -0.2) is 4.79 Å². The lowest BCUT2D eigenvalue weighted by Crippen LogP contribution is -2.21. The predicted octanol–water partition coefficient (Wildman–Crippen LogP) is 2.99. The van der Waals surface area contributed by atoms with Gasteiger partial charge < -0.3 is 9.30 Å². The fraction of sp³-hybridized carbons (Fsp3) is 0.250. The third kappa shape index (κ3) is 2.32. The van der Waals surface area contributed by atoms with Crippen molar-refractivity contribution in [2.75, 3.05) is 7.11 Å². The molecule has 1 aromatic heterocycles. The number of benzene rings is 1. The Morgan fingerprint density at radius 3 is 2.61 bits per heavy atom. The minimum atomic E-state index is -4.40. The summed E-state index contributed by atoms with van der Waals surface area (Å²) in [5.41, 5.74) is 0.256. The van der Waals surface area contributed by atoms with Crippen molar-refractivity contribution in [3.8, 4) is 0 Å². The lowest BCUT2D eigenvalue weighted by molar-refractivity contribution is -0.140. The second kappa shape index (κ2) is 4.36. The zero-order valence-electron chi connectivity index (χ0n) is 9.49. The van der Waals surface area contributed by atoms with E-state index in [9.17, 15) is 18.0 Å². The number of ether oxygens (including phenoxy) is 1. The van der Waals surface area contributed by atoms with E-state index in [4.69, 9.17) is 0 Å². The van der Waals surface area contributed by atoms with E-state index < -0.39 is 18.7 Å². The van der Waals surface area contributed by atoms with E-state index in [2.05, 4.69) is 4.74 Å². The Labute approximate surface area is 101 Å². The van der Waals surface area contributed by atoms with E-state index in [-0.39, 0.29) is 5.69 Å². The fourth-order valence-electron chi connectivity index (χ4n) is 1.83. The summed E-state index contributed by atoms with van der Waals surface area (Å²) in [6.45, 7) is -1.22. The quantitative estimate of drug-likeness (QED) is 0.774. The Kier molecular flexibility index (Phi) is 3.02. The topological polar surface area (TPSA) is 31.2 Å². The Morgan fingerprint density at radius 1 is 1.33 bits per heavy atom. The molecule has 0 atom stereocenters. The van der Waals surface area contributed by atoms with Crippen LogP contribution in [0.5, 0.6) is 0 Å². The average Bonchev–Trinajstić information content (AvgIpc) is 2.65. The molecule has 0 radical (unpaired) electrons. The van der Waals surface area contributed by atoms with Gasteiger partial charge in [0, 0.05) is 10.9 Å². The van der Waals surface area contributed by atoms with Crippen LogP contribution >= 0.6 is 0 Å². The predicted molar refractivity (Wildman–Crippen MR) is 59.3 cm³/mol. The van der Waals surface area contributed by atoms with Crippen LogP contribution in [0, 0.1) is 0 Å². The molecule has 2 rings (SSSR count). The molecule has 3 nitrogen and oxygen atoms in total. The van der Waals surface area contributed by atoms with E-state index in [0.717, 1.165) is 11.7 Å². The van der Waals surface area contributed by atoms with Crippen LogP contribution in [0.25, 0.3) is 10.9 Å². The summed E-state index contributed by atoms with van der Waals surface area (Å²) >= 11 is 0.